The summed E-state index contributed by atoms with van der Waals surface area (Å²) in [5.74, 6) is -0.0610. The van der Waals surface area contributed by atoms with Crippen LogP contribution in [0.1, 0.15) is 28.9 Å². The van der Waals surface area contributed by atoms with Gasteiger partial charge in [0.2, 0.25) is 10.0 Å². The fourth-order valence-corrected chi connectivity index (χ4v) is 5.34. The Morgan fingerprint density at radius 3 is 2.69 bits per heavy atom. The number of hydrogen-bond acceptors (Lipinski definition) is 5. The summed E-state index contributed by atoms with van der Waals surface area (Å²) < 4.78 is 25.7. The van der Waals surface area contributed by atoms with Gasteiger partial charge in [-0.3, -0.25) is 9.52 Å². The van der Waals surface area contributed by atoms with Crippen molar-refractivity contribution in [2.45, 2.75) is 37.4 Å². The SMILES string of the molecule is CS(=O)(=O)Nc1ccccc1-c1ccc(C(=O)NC2CC3CCC2N3)s1. The predicted octanol–water partition coefficient (Wildman–Crippen LogP) is 2.41. The van der Waals surface area contributed by atoms with Gasteiger partial charge in [0, 0.05) is 28.6 Å². The van der Waals surface area contributed by atoms with Gasteiger partial charge in [0.05, 0.1) is 16.8 Å². The average Bonchev–Trinajstić information content (AvgIpc) is 3.30. The summed E-state index contributed by atoms with van der Waals surface area (Å²) in [7, 11) is -3.37. The smallest absolute Gasteiger partial charge is 0.261 e. The molecule has 1 aromatic carbocycles. The van der Waals surface area contributed by atoms with Crippen LogP contribution in [0, 0.1) is 0 Å². The molecule has 2 fully saturated rings. The van der Waals surface area contributed by atoms with E-state index in [4.69, 9.17) is 0 Å². The van der Waals surface area contributed by atoms with Gasteiger partial charge in [0.15, 0.2) is 0 Å². The van der Waals surface area contributed by atoms with E-state index in [2.05, 4.69) is 15.4 Å². The molecule has 0 spiro atoms. The lowest BCUT2D eigenvalue weighted by Crippen LogP contribution is -2.42. The zero-order chi connectivity index (χ0) is 18.3. The first-order chi connectivity index (χ1) is 12.4. The average molecular weight is 392 g/mol. The number of anilines is 1. The Hall–Kier alpha value is -1.90. The third kappa shape index (κ3) is 3.62. The minimum Gasteiger partial charge on any atom is -0.347 e. The van der Waals surface area contributed by atoms with E-state index in [-0.39, 0.29) is 11.9 Å². The van der Waals surface area contributed by atoms with E-state index in [1.807, 2.05) is 18.2 Å². The van der Waals surface area contributed by atoms with E-state index in [9.17, 15) is 13.2 Å². The molecule has 3 N–H and O–H groups in total. The number of benzene rings is 1. The summed E-state index contributed by atoms with van der Waals surface area (Å²) in [6, 6.07) is 12.0. The van der Waals surface area contributed by atoms with Crippen LogP contribution in [-0.4, -0.2) is 38.7 Å². The molecule has 8 heteroatoms. The summed E-state index contributed by atoms with van der Waals surface area (Å²) in [5, 5.41) is 6.66. The molecule has 3 unspecified atom stereocenters. The Labute approximate surface area is 157 Å². The number of para-hydroxylation sites is 1. The van der Waals surface area contributed by atoms with E-state index >= 15 is 0 Å². The monoisotopic (exact) mass is 391 g/mol. The number of rotatable bonds is 5. The van der Waals surface area contributed by atoms with Crippen molar-refractivity contribution in [3.05, 3.63) is 41.3 Å². The van der Waals surface area contributed by atoms with Gasteiger partial charge in [0.25, 0.3) is 5.91 Å². The number of sulfonamides is 1. The predicted molar refractivity (Wildman–Crippen MR) is 104 cm³/mol. The second-order valence-electron chi connectivity index (χ2n) is 6.95. The number of nitrogens with one attached hydrogen (secondary N) is 3. The molecule has 2 aliphatic heterocycles. The molecule has 3 atom stereocenters. The zero-order valence-electron chi connectivity index (χ0n) is 14.4. The van der Waals surface area contributed by atoms with Crippen molar-refractivity contribution in [1.29, 1.82) is 0 Å². The van der Waals surface area contributed by atoms with Crippen molar-refractivity contribution in [2.24, 2.45) is 0 Å². The van der Waals surface area contributed by atoms with Gasteiger partial charge in [-0.2, -0.15) is 0 Å². The van der Waals surface area contributed by atoms with Crippen LogP contribution in [0.4, 0.5) is 5.69 Å². The van der Waals surface area contributed by atoms with Gasteiger partial charge >= 0.3 is 0 Å². The molecule has 0 aliphatic carbocycles. The minimum atomic E-state index is -3.37. The molecule has 4 rings (SSSR count). The third-order valence-corrected chi connectivity index (χ3v) is 6.64. The van der Waals surface area contributed by atoms with Gasteiger partial charge < -0.3 is 10.6 Å². The van der Waals surface area contributed by atoms with Gasteiger partial charge in [-0.15, -0.1) is 11.3 Å². The Morgan fingerprint density at radius 2 is 2.00 bits per heavy atom. The molecule has 138 valence electrons. The number of amides is 1. The van der Waals surface area contributed by atoms with Crippen LogP contribution in [0.5, 0.6) is 0 Å². The highest BCUT2D eigenvalue weighted by atomic mass is 32.2. The van der Waals surface area contributed by atoms with Crippen LogP contribution in [0.25, 0.3) is 10.4 Å². The van der Waals surface area contributed by atoms with Crippen LogP contribution in [0.2, 0.25) is 0 Å². The van der Waals surface area contributed by atoms with Gasteiger partial charge in [-0.25, -0.2) is 8.42 Å². The fourth-order valence-electron chi connectivity index (χ4n) is 3.81. The van der Waals surface area contributed by atoms with Gasteiger partial charge in [-0.05, 0) is 37.5 Å². The van der Waals surface area contributed by atoms with E-state index in [0.29, 0.717) is 22.6 Å². The fraction of sp³-hybridized carbons (Fsp3) is 0.389. The summed E-state index contributed by atoms with van der Waals surface area (Å²) in [6.07, 6.45) is 4.44. The number of carbonyl (C=O) groups excluding carboxylic acids is 1. The van der Waals surface area contributed by atoms with Crippen molar-refractivity contribution in [3.8, 4) is 10.4 Å². The summed E-state index contributed by atoms with van der Waals surface area (Å²) in [6.45, 7) is 0. The quantitative estimate of drug-likeness (QED) is 0.730. The number of fused-ring (bicyclic) bond motifs is 2. The van der Waals surface area contributed by atoms with Crippen LogP contribution >= 0.6 is 11.3 Å². The summed E-state index contributed by atoms with van der Waals surface area (Å²) in [4.78, 5) is 14.1. The van der Waals surface area contributed by atoms with E-state index in [1.54, 1.807) is 18.2 Å². The van der Waals surface area contributed by atoms with Gasteiger partial charge in [-0.1, -0.05) is 18.2 Å². The van der Waals surface area contributed by atoms with Crippen molar-refractivity contribution < 1.29 is 13.2 Å². The van der Waals surface area contributed by atoms with E-state index in [1.165, 1.54) is 17.8 Å². The first-order valence-corrected chi connectivity index (χ1v) is 11.3. The zero-order valence-corrected chi connectivity index (χ0v) is 16.0. The topological polar surface area (TPSA) is 87.3 Å². The molecule has 2 bridgehead atoms. The van der Waals surface area contributed by atoms with Crippen LogP contribution < -0.4 is 15.4 Å². The van der Waals surface area contributed by atoms with Crippen LogP contribution in [0.3, 0.4) is 0 Å². The normalized spacial score (nSPS) is 24.6. The van der Waals surface area contributed by atoms with Crippen molar-refractivity contribution >= 4 is 33.0 Å². The molecule has 3 heterocycles. The maximum atomic E-state index is 12.6. The molecular formula is C18H21N3O3S2. The van der Waals surface area contributed by atoms with Gasteiger partial charge in [0.1, 0.15) is 0 Å². The summed E-state index contributed by atoms with van der Waals surface area (Å²) >= 11 is 1.37. The Bertz CT molecular complexity index is 939. The van der Waals surface area contributed by atoms with E-state index in [0.717, 1.165) is 29.5 Å². The largest absolute Gasteiger partial charge is 0.347 e. The maximum Gasteiger partial charge on any atom is 0.261 e. The maximum absolute atomic E-state index is 12.6. The first kappa shape index (κ1) is 17.5. The highest BCUT2D eigenvalue weighted by Crippen LogP contribution is 2.34. The molecular weight excluding hydrogens is 370 g/mol. The molecule has 6 nitrogen and oxygen atoms in total. The van der Waals surface area contributed by atoms with Crippen molar-refractivity contribution in [3.63, 3.8) is 0 Å². The second kappa shape index (κ2) is 6.68. The van der Waals surface area contributed by atoms with E-state index < -0.39 is 10.0 Å². The number of thiophene rings is 1. The van der Waals surface area contributed by atoms with Crippen molar-refractivity contribution in [2.75, 3.05) is 11.0 Å². The Balaban J connectivity index is 1.52. The first-order valence-electron chi connectivity index (χ1n) is 8.63. The summed E-state index contributed by atoms with van der Waals surface area (Å²) in [5.41, 5.74) is 1.28. The highest BCUT2D eigenvalue weighted by molar-refractivity contribution is 7.92. The molecule has 1 amide bonds. The molecule has 0 saturated carbocycles. The molecule has 26 heavy (non-hydrogen) atoms. The molecule has 2 saturated heterocycles. The minimum absolute atomic E-state index is 0.0610. The molecule has 2 aliphatic rings. The number of carbonyl (C=O) groups is 1. The standard InChI is InChI=1S/C18H21N3O3S2/c1-26(23,24)21-13-5-3-2-4-12(13)16-8-9-17(25-16)18(22)20-15-10-11-6-7-14(15)19-11/h2-5,8-9,11,14-15,19,21H,6-7,10H2,1H3,(H,20,22). The lowest BCUT2D eigenvalue weighted by atomic mass is 9.95. The lowest BCUT2D eigenvalue weighted by molar-refractivity contribution is 0.0935. The molecule has 2 aromatic rings. The second-order valence-corrected chi connectivity index (χ2v) is 9.78. The molecule has 0 radical (unpaired) electrons. The lowest BCUT2D eigenvalue weighted by Gasteiger charge is -2.21. The Kier molecular flexibility index (Phi) is 4.50. The van der Waals surface area contributed by atoms with Crippen LogP contribution in [-0.2, 0) is 10.0 Å². The third-order valence-electron chi connectivity index (χ3n) is 4.93. The Morgan fingerprint density at radius 1 is 1.19 bits per heavy atom. The van der Waals surface area contributed by atoms with Crippen molar-refractivity contribution in [1.82, 2.24) is 10.6 Å². The highest BCUT2D eigenvalue weighted by Gasteiger charge is 2.39. The molecule has 1 aromatic heterocycles. The number of hydrogen-bond donors (Lipinski definition) is 3. The van der Waals surface area contributed by atoms with Crippen LogP contribution in [0.15, 0.2) is 36.4 Å².